The lowest BCUT2D eigenvalue weighted by Crippen LogP contribution is -2.50. The monoisotopic (exact) mass is 292 g/mol. The fraction of sp³-hybridized carbons (Fsp3) is 0.500. The van der Waals surface area contributed by atoms with Crippen LogP contribution < -0.4 is 11.1 Å². The second-order valence-corrected chi connectivity index (χ2v) is 5.82. The van der Waals surface area contributed by atoms with E-state index < -0.39 is 16.9 Å². The summed E-state index contributed by atoms with van der Waals surface area (Å²) in [7, 11) is 0. The standard InChI is InChI=1S/C16H24N2O3/c1-5-16(17,6-2)13(19)18-12-9-7-11(8-10-12)15(3,4)14(20)21/h7-10H,5-6,17H2,1-4H3,(H,18,19)(H,20,21). The molecule has 5 heteroatoms. The average molecular weight is 292 g/mol. The molecule has 5 nitrogen and oxygen atoms in total. The quantitative estimate of drug-likeness (QED) is 0.751. The Morgan fingerprint density at radius 1 is 1.14 bits per heavy atom. The number of nitrogens with one attached hydrogen (secondary N) is 1. The van der Waals surface area contributed by atoms with Gasteiger partial charge in [0.1, 0.15) is 0 Å². The molecule has 0 spiro atoms. The number of carbonyl (C=O) groups excluding carboxylic acids is 1. The number of carbonyl (C=O) groups is 2. The summed E-state index contributed by atoms with van der Waals surface area (Å²) in [5.41, 5.74) is 5.49. The first-order valence-electron chi connectivity index (χ1n) is 7.11. The molecule has 0 unspecified atom stereocenters. The first-order chi connectivity index (χ1) is 9.67. The highest BCUT2D eigenvalue weighted by molar-refractivity contribution is 5.97. The minimum absolute atomic E-state index is 0.224. The second kappa shape index (κ2) is 6.26. The summed E-state index contributed by atoms with van der Waals surface area (Å²) >= 11 is 0. The number of anilines is 1. The summed E-state index contributed by atoms with van der Waals surface area (Å²) in [5.74, 6) is -1.12. The molecule has 1 aromatic carbocycles. The van der Waals surface area contributed by atoms with Gasteiger partial charge in [0, 0.05) is 5.69 Å². The highest BCUT2D eigenvalue weighted by Gasteiger charge is 2.31. The predicted octanol–water partition coefficient (Wildman–Crippen LogP) is 2.50. The lowest BCUT2D eigenvalue weighted by molar-refractivity contribution is -0.142. The predicted molar refractivity (Wildman–Crippen MR) is 83.2 cm³/mol. The zero-order valence-electron chi connectivity index (χ0n) is 13.1. The zero-order valence-corrected chi connectivity index (χ0v) is 13.1. The van der Waals surface area contributed by atoms with Gasteiger partial charge in [-0.15, -0.1) is 0 Å². The van der Waals surface area contributed by atoms with E-state index >= 15 is 0 Å². The van der Waals surface area contributed by atoms with Crippen LogP contribution in [0.3, 0.4) is 0 Å². The van der Waals surface area contributed by atoms with Crippen molar-refractivity contribution in [3.8, 4) is 0 Å². The van der Waals surface area contributed by atoms with Crippen LogP contribution in [-0.4, -0.2) is 22.5 Å². The Labute approximate surface area is 125 Å². The first kappa shape index (κ1) is 17.2. The summed E-state index contributed by atoms with van der Waals surface area (Å²) in [6.07, 6.45) is 1.11. The number of carboxylic acid groups (broad SMARTS) is 1. The lowest BCUT2D eigenvalue weighted by atomic mass is 9.85. The van der Waals surface area contributed by atoms with Crippen molar-refractivity contribution in [2.24, 2.45) is 5.73 Å². The van der Waals surface area contributed by atoms with Crippen LogP contribution >= 0.6 is 0 Å². The zero-order chi connectivity index (χ0) is 16.3. The number of hydrogen-bond acceptors (Lipinski definition) is 3. The maximum Gasteiger partial charge on any atom is 0.313 e. The maximum absolute atomic E-state index is 12.2. The maximum atomic E-state index is 12.2. The molecule has 0 aromatic heterocycles. The van der Waals surface area contributed by atoms with Crippen LogP contribution in [0.4, 0.5) is 5.69 Å². The number of carboxylic acids is 1. The van der Waals surface area contributed by atoms with Gasteiger partial charge in [0.25, 0.3) is 0 Å². The Morgan fingerprint density at radius 3 is 2.00 bits per heavy atom. The third kappa shape index (κ3) is 3.61. The van der Waals surface area contributed by atoms with Crippen molar-refractivity contribution in [1.29, 1.82) is 0 Å². The lowest BCUT2D eigenvalue weighted by Gasteiger charge is -2.25. The summed E-state index contributed by atoms with van der Waals surface area (Å²) in [6, 6.07) is 6.81. The van der Waals surface area contributed by atoms with Crippen LogP contribution in [0.15, 0.2) is 24.3 Å². The SMILES string of the molecule is CCC(N)(CC)C(=O)Nc1ccc(C(C)(C)C(=O)O)cc1. The highest BCUT2D eigenvalue weighted by atomic mass is 16.4. The highest BCUT2D eigenvalue weighted by Crippen LogP contribution is 2.25. The second-order valence-electron chi connectivity index (χ2n) is 5.82. The van der Waals surface area contributed by atoms with Crippen LogP contribution in [-0.2, 0) is 15.0 Å². The summed E-state index contributed by atoms with van der Waals surface area (Å²) < 4.78 is 0. The van der Waals surface area contributed by atoms with Gasteiger partial charge < -0.3 is 16.2 Å². The van der Waals surface area contributed by atoms with Crippen LogP contribution in [0.5, 0.6) is 0 Å². The minimum atomic E-state index is -0.965. The Kier molecular flexibility index (Phi) is 5.12. The van der Waals surface area contributed by atoms with E-state index in [-0.39, 0.29) is 5.91 Å². The van der Waals surface area contributed by atoms with Crippen molar-refractivity contribution in [3.05, 3.63) is 29.8 Å². The summed E-state index contributed by atoms with van der Waals surface area (Å²) in [4.78, 5) is 23.4. The molecule has 0 aliphatic heterocycles. The van der Waals surface area contributed by atoms with Gasteiger partial charge in [-0.25, -0.2) is 0 Å². The van der Waals surface area contributed by atoms with Gasteiger partial charge in [0.05, 0.1) is 11.0 Å². The molecule has 0 aliphatic carbocycles. The number of amides is 1. The van der Waals surface area contributed by atoms with Crippen LogP contribution in [0, 0.1) is 0 Å². The van der Waals surface area contributed by atoms with Gasteiger partial charge >= 0.3 is 5.97 Å². The minimum Gasteiger partial charge on any atom is -0.481 e. The molecule has 0 radical (unpaired) electrons. The van der Waals surface area contributed by atoms with Gasteiger partial charge in [0.2, 0.25) is 5.91 Å². The Bertz CT molecular complexity index is 517. The molecule has 0 heterocycles. The fourth-order valence-corrected chi connectivity index (χ4v) is 1.92. The van der Waals surface area contributed by atoms with E-state index in [1.54, 1.807) is 38.1 Å². The van der Waals surface area contributed by atoms with E-state index in [0.717, 1.165) is 0 Å². The molecule has 1 amide bonds. The van der Waals surface area contributed by atoms with Gasteiger partial charge in [-0.3, -0.25) is 9.59 Å². The summed E-state index contributed by atoms with van der Waals surface area (Å²) in [5, 5.41) is 12.0. The third-order valence-corrected chi connectivity index (χ3v) is 4.11. The van der Waals surface area contributed by atoms with E-state index in [1.165, 1.54) is 0 Å². The number of rotatable bonds is 6. The molecule has 1 aromatic rings. The molecule has 0 bridgehead atoms. The van der Waals surface area contributed by atoms with E-state index in [9.17, 15) is 14.7 Å². The normalized spacial score (nSPS) is 12.0. The van der Waals surface area contributed by atoms with Crippen LogP contribution in [0.1, 0.15) is 46.1 Å². The smallest absolute Gasteiger partial charge is 0.313 e. The largest absolute Gasteiger partial charge is 0.481 e. The number of hydrogen-bond donors (Lipinski definition) is 3. The van der Waals surface area contributed by atoms with Crippen molar-refractivity contribution in [1.82, 2.24) is 0 Å². The van der Waals surface area contributed by atoms with Crippen molar-refractivity contribution in [3.63, 3.8) is 0 Å². The van der Waals surface area contributed by atoms with Gasteiger partial charge in [-0.2, -0.15) is 0 Å². The number of benzene rings is 1. The van der Waals surface area contributed by atoms with Crippen molar-refractivity contribution >= 4 is 17.6 Å². The molecule has 0 fully saturated rings. The van der Waals surface area contributed by atoms with Crippen molar-refractivity contribution < 1.29 is 14.7 Å². The van der Waals surface area contributed by atoms with Crippen molar-refractivity contribution in [2.75, 3.05) is 5.32 Å². The molecule has 0 saturated carbocycles. The van der Waals surface area contributed by atoms with E-state index in [2.05, 4.69) is 5.32 Å². The Morgan fingerprint density at radius 2 is 1.62 bits per heavy atom. The number of nitrogens with two attached hydrogens (primary N) is 1. The van der Waals surface area contributed by atoms with Gasteiger partial charge in [-0.1, -0.05) is 26.0 Å². The molecular weight excluding hydrogens is 268 g/mol. The first-order valence-corrected chi connectivity index (χ1v) is 7.11. The van der Waals surface area contributed by atoms with E-state index in [1.807, 2.05) is 13.8 Å². The van der Waals surface area contributed by atoms with Crippen LogP contribution in [0.2, 0.25) is 0 Å². The topological polar surface area (TPSA) is 92.4 Å². The van der Waals surface area contributed by atoms with Gasteiger partial charge in [0.15, 0.2) is 0 Å². The van der Waals surface area contributed by atoms with Crippen LogP contribution in [0.25, 0.3) is 0 Å². The molecule has 116 valence electrons. The third-order valence-electron chi connectivity index (χ3n) is 4.11. The summed E-state index contributed by atoms with van der Waals surface area (Å²) in [6.45, 7) is 7.03. The van der Waals surface area contributed by atoms with E-state index in [0.29, 0.717) is 24.1 Å². The molecule has 1 rings (SSSR count). The molecular formula is C16H24N2O3. The van der Waals surface area contributed by atoms with Gasteiger partial charge in [-0.05, 0) is 44.4 Å². The van der Waals surface area contributed by atoms with E-state index in [4.69, 9.17) is 5.73 Å². The molecule has 0 saturated heterocycles. The van der Waals surface area contributed by atoms with Crippen molar-refractivity contribution in [2.45, 2.75) is 51.5 Å². The molecule has 0 aliphatic rings. The Hall–Kier alpha value is -1.88. The molecule has 0 atom stereocenters. The molecule has 4 N–H and O–H groups in total. The molecule has 21 heavy (non-hydrogen) atoms. The fourth-order valence-electron chi connectivity index (χ4n) is 1.92. The number of aliphatic carboxylic acids is 1. The Balaban J connectivity index is 2.90. The average Bonchev–Trinajstić information content (AvgIpc) is 2.46.